The number of thiazole rings is 1. The number of fused-ring (bicyclic) bond motifs is 1. The van der Waals surface area contributed by atoms with Gasteiger partial charge in [0.25, 0.3) is 0 Å². The third kappa shape index (κ3) is 3.42. The van der Waals surface area contributed by atoms with Gasteiger partial charge in [0.1, 0.15) is 23.0 Å². The number of aromatic amines is 1. The molecule has 4 rings (SSSR count). The van der Waals surface area contributed by atoms with E-state index in [4.69, 9.17) is 4.74 Å². The SMILES string of the molecule is Cc1nc(COC(=O)N(C)C)sc1-c1ccn(-c2cc(F)c3n[nH]nc3c2F)n1. The summed E-state index contributed by atoms with van der Waals surface area (Å²) in [6.07, 6.45) is 1.05. The summed E-state index contributed by atoms with van der Waals surface area (Å²) < 4.78 is 35.2. The zero-order chi connectivity index (χ0) is 20.7. The number of hydrogen-bond donors (Lipinski definition) is 1. The molecule has 12 heteroatoms. The Hall–Kier alpha value is -3.41. The van der Waals surface area contributed by atoms with Crippen LogP contribution in [0.5, 0.6) is 0 Å². The van der Waals surface area contributed by atoms with Gasteiger partial charge in [0.05, 0.1) is 10.6 Å². The summed E-state index contributed by atoms with van der Waals surface area (Å²) in [7, 11) is 3.18. The van der Waals surface area contributed by atoms with Gasteiger partial charge >= 0.3 is 6.09 Å². The Balaban J connectivity index is 1.63. The van der Waals surface area contributed by atoms with Gasteiger partial charge in [-0.15, -0.1) is 11.3 Å². The van der Waals surface area contributed by atoms with E-state index in [9.17, 15) is 13.6 Å². The average Bonchev–Trinajstić information content (AvgIpc) is 3.41. The topological polar surface area (TPSA) is 102 Å². The van der Waals surface area contributed by atoms with Crippen molar-refractivity contribution in [2.24, 2.45) is 0 Å². The van der Waals surface area contributed by atoms with E-state index in [0.717, 1.165) is 10.9 Å². The summed E-state index contributed by atoms with van der Waals surface area (Å²) in [4.78, 5) is 18.0. The monoisotopic (exact) mass is 419 g/mol. The van der Waals surface area contributed by atoms with Gasteiger partial charge in [0, 0.05) is 26.4 Å². The third-order valence-electron chi connectivity index (χ3n) is 4.06. The Kier molecular flexibility index (Phi) is 4.70. The van der Waals surface area contributed by atoms with Crippen LogP contribution in [0.2, 0.25) is 0 Å². The second-order valence-electron chi connectivity index (χ2n) is 6.33. The lowest BCUT2D eigenvalue weighted by Crippen LogP contribution is -2.22. The maximum Gasteiger partial charge on any atom is 0.409 e. The number of amides is 1. The van der Waals surface area contributed by atoms with E-state index in [1.54, 1.807) is 27.1 Å². The lowest BCUT2D eigenvalue weighted by molar-refractivity contribution is 0.112. The van der Waals surface area contributed by atoms with Crippen LogP contribution in [0, 0.1) is 18.6 Å². The van der Waals surface area contributed by atoms with Crippen LogP contribution in [0.1, 0.15) is 10.7 Å². The molecule has 1 amide bonds. The van der Waals surface area contributed by atoms with Crippen molar-refractivity contribution >= 4 is 28.5 Å². The minimum absolute atomic E-state index is 0.0336. The largest absolute Gasteiger partial charge is 0.442 e. The number of H-pyrrole nitrogens is 1. The lowest BCUT2D eigenvalue weighted by Gasteiger charge is -2.09. The van der Waals surface area contributed by atoms with Crippen LogP contribution < -0.4 is 0 Å². The highest BCUT2D eigenvalue weighted by Gasteiger charge is 2.19. The molecule has 0 spiro atoms. The molecular weight excluding hydrogens is 404 g/mol. The molecule has 150 valence electrons. The number of benzene rings is 1. The van der Waals surface area contributed by atoms with Crippen LogP contribution in [0.15, 0.2) is 18.3 Å². The van der Waals surface area contributed by atoms with E-state index in [-0.39, 0.29) is 23.3 Å². The molecule has 0 fully saturated rings. The standard InChI is InChI=1S/C17H15F2N7O2S/c1-8-16(29-12(20-8)7-28-17(27)25(2)3)10-4-5-26(23-10)11-6-9(18)14-15(13(11)19)22-24-21-14/h4-6H,7H2,1-3H3,(H,21,22,24). The van der Waals surface area contributed by atoms with Crippen LogP contribution >= 0.6 is 11.3 Å². The van der Waals surface area contributed by atoms with Gasteiger partial charge in [-0.25, -0.2) is 23.2 Å². The first-order valence-electron chi connectivity index (χ1n) is 8.40. The Morgan fingerprint density at radius 1 is 1.31 bits per heavy atom. The van der Waals surface area contributed by atoms with Crippen LogP contribution in [0.3, 0.4) is 0 Å². The Labute approximate surface area is 166 Å². The molecular formula is C17H15F2N7O2S. The minimum Gasteiger partial charge on any atom is -0.442 e. The molecule has 0 aliphatic heterocycles. The van der Waals surface area contributed by atoms with Gasteiger partial charge in [-0.05, 0) is 13.0 Å². The van der Waals surface area contributed by atoms with Crippen molar-refractivity contribution in [3.8, 4) is 16.3 Å². The van der Waals surface area contributed by atoms with Crippen LogP contribution in [-0.2, 0) is 11.3 Å². The predicted octanol–water partition coefficient (Wildman–Crippen LogP) is 3.05. The highest BCUT2D eigenvalue weighted by atomic mass is 32.1. The molecule has 0 unspecified atom stereocenters. The van der Waals surface area contributed by atoms with Crippen molar-refractivity contribution in [2.75, 3.05) is 14.1 Å². The molecule has 0 bridgehead atoms. The summed E-state index contributed by atoms with van der Waals surface area (Å²) in [6, 6.07) is 2.68. The lowest BCUT2D eigenvalue weighted by atomic mass is 10.2. The van der Waals surface area contributed by atoms with Crippen molar-refractivity contribution < 1.29 is 18.3 Å². The summed E-state index contributed by atoms with van der Waals surface area (Å²) in [5.41, 5.74) is 0.766. The van der Waals surface area contributed by atoms with E-state index in [1.807, 2.05) is 0 Å². The number of aromatic nitrogens is 6. The molecule has 0 saturated carbocycles. The van der Waals surface area contributed by atoms with E-state index in [0.29, 0.717) is 16.4 Å². The number of nitrogens with one attached hydrogen (secondary N) is 1. The molecule has 0 radical (unpaired) electrons. The maximum absolute atomic E-state index is 14.7. The van der Waals surface area contributed by atoms with Crippen molar-refractivity contribution in [1.82, 2.24) is 35.1 Å². The molecule has 0 atom stereocenters. The van der Waals surface area contributed by atoms with Crippen molar-refractivity contribution in [2.45, 2.75) is 13.5 Å². The van der Waals surface area contributed by atoms with E-state index in [1.165, 1.54) is 27.1 Å². The fourth-order valence-corrected chi connectivity index (χ4v) is 3.62. The molecule has 9 nitrogen and oxygen atoms in total. The molecule has 29 heavy (non-hydrogen) atoms. The number of rotatable bonds is 4. The number of nitrogens with zero attached hydrogens (tertiary/aromatic N) is 6. The van der Waals surface area contributed by atoms with Crippen LogP contribution in [-0.4, -0.2) is 55.3 Å². The second kappa shape index (κ2) is 7.20. The van der Waals surface area contributed by atoms with E-state index in [2.05, 4.69) is 25.5 Å². The van der Waals surface area contributed by atoms with E-state index < -0.39 is 17.7 Å². The fourth-order valence-electron chi connectivity index (χ4n) is 2.67. The number of hydrogen-bond acceptors (Lipinski definition) is 7. The van der Waals surface area contributed by atoms with Gasteiger partial charge < -0.3 is 9.64 Å². The first-order chi connectivity index (χ1) is 13.8. The fraction of sp³-hybridized carbons (Fsp3) is 0.235. The quantitative estimate of drug-likeness (QED) is 0.546. The maximum atomic E-state index is 14.7. The van der Waals surface area contributed by atoms with E-state index >= 15 is 0 Å². The average molecular weight is 419 g/mol. The van der Waals surface area contributed by atoms with Gasteiger partial charge in [0.2, 0.25) is 0 Å². The van der Waals surface area contributed by atoms with Crippen molar-refractivity contribution in [3.63, 3.8) is 0 Å². The summed E-state index contributed by atoms with van der Waals surface area (Å²) >= 11 is 1.31. The summed E-state index contributed by atoms with van der Waals surface area (Å²) in [5, 5.41) is 14.4. The summed E-state index contributed by atoms with van der Waals surface area (Å²) in [5.74, 6) is -1.44. The van der Waals surface area contributed by atoms with Crippen molar-refractivity contribution in [1.29, 1.82) is 0 Å². The molecule has 0 aliphatic rings. The van der Waals surface area contributed by atoms with Crippen LogP contribution in [0.25, 0.3) is 27.3 Å². The number of carbonyl (C=O) groups is 1. The minimum atomic E-state index is -0.734. The Morgan fingerprint density at radius 2 is 2.07 bits per heavy atom. The molecule has 0 aliphatic carbocycles. The van der Waals surface area contributed by atoms with Crippen molar-refractivity contribution in [3.05, 3.63) is 40.7 Å². The van der Waals surface area contributed by atoms with Crippen LogP contribution in [0.4, 0.5) is 13.6 Å². The number of aryl methyl sites for hydroxylation is 1. The zero-order valence-corrected chi connectivity index (χ0v) is 16.4. The highest BCUT2D eigenvalue weighted by Crippen LogP contribution is 2.30. The Bertz CT molecular complexity index is 1210. The smallest absolute Gasteiger partial charge is 0.409 e. The number of halogens is 2. The zero-order valence-electron chi connectivity index (χ0n) is 15.6. The predicted molar refractivity (Wildman–Crippen MR) is 101 cm³/mol. The normalized spacial score (nSPS) is 11.2. The summed E-state index contributed by atoms with van der Waals surface area (Å²) in [6.45, 7) is 1.83. The first-order valence-corrected chi connectivity index (χ1v) is 9.22. The molecule has 4 aromatic rings. The Morgan fingerprint density at radius 3 is 2.83 bits per heavy atom. The molecule has 3 aromatic heterocycles. The molecule has 1 aromatic carbocycles. The first kappa shape index (κ1) is 18.9. The molecule has 0 saturated heterocycles. The number of ether oxygens (including phenoxy) is 1. The highest BCUT2D eigenvalue weighted by molar-refractivity contribution is 7.15. The molecule has 3 heterocycles. The second-order valence-corrected chi connectivity index (χ2v) is 7.41. The van der Waals surface area contributed by atoms with Gasteiger partial charge in [-0.3, -0.25) is 0 Å². The van der Waals surface area contributed by atoms with Gasteiger partial charge in [-0.1, -0.05) is 0 Å². The van der Waals surface area contributed by atoms with Gasteiger partial charge in [-0.2, -0.15) is 20.5 Å². The van der Waals surface area contributed by atoms with Gasteiger partial charge in [0.15, 0.2) is 22.7 Å². The molecule has 1 N–H and O–H groups in total. The third-order valence-corrected chi connectivity index (χ3v) is 5.22. The number of carbonyl (C=O) groups excluding carboxylic acids is 1.